The second kappa shape index (κ2) is 10.4. The molecule has 0 radical (unpaired) electrons. The Kier molecular flexibility index (Phi) is 7.73. The Morgan fingerprint density at radius 3 is 2.12 bits per heavy atom. The molecule has 3 fully saturated rings. The number of halogens is 1. The van der Waals surface area contributed by atoms with Crippen LogP contribution in [-0.2, 0) is 19.6 Å². The maximum Gasteiger partial charge on any atom is 0.243 e. The number of hydrogen-bond acceptors (Lipinski definition) is 5. The van der Waals surface area contributed by atoms with Crippen LogP contribution in [0.3, 0.4) is 0 Å². The van der Waals surface area contributed by atoms with Crippen LogP contribution >= 0.6 is 0 Å². The summed E-state index contributed by atoms with van der Waals surface area (Å²) >= 11 is 0. The molecular weight excluding hydrogens is 445 g/mol. The Morgan fingerprint density at radius 2 is 1.55 bits per heavy atom. The molecule has 1 aromatic carbocycles. The van der Waals surface area contributed by atoms with Crippen molar-refractivity contribution in [3.8, 4) is 0 Å². The van der Waals surface area contributed by atoms with Gasteiger partial charge in [-0.2, -0.15) is 4.31 Å². The van der Waals surface area contributed by atoms with Gasteiger partial charge in [-0.3, -0.25) is 9.69 Å². The minimum Gasteiger partial charge on any atom is -0.373 e. The third-order valence-electron chi connectivity index (χ3n) is 7.19. The van der Waals surface area contributed by atoms with E-state index in [4.69, 9.17) is 4.74 Å². The standard InChI is InChI=1S/C24H36FN3O4S/c1-18-15-26(16-19(2)32-18)17-20-7-11-27(12-8-20)24(29)21-9-13-28(14-10-21)33(30,31)23-5-3-22(25)4-6-23/h3-6,18-21H,7-17H2,1-2H3. The lowest BCUT2D eigenvalue weighted by atomic mass is 9.92. The zero-order valence-electron chi connectivity index (χ0n) is 19.7. The number of carbonyl (C=O) groups is 1. The molecule has 0 aromatic heterocycles. The highest BCUT2D eigenvalue weighted by Gasteiger charge is 2.35. The molecule has 1 aromatic rings. The smallest absolute Gasteiger partial charge is 0.243 e. The quantitative estimate of drug-likeness (QED) is 0.647. The molecule has 0 aliphatic carbocycles. The summed E-state index contributed by atoms with van der Waals surface area (Å²) in [6.45, 7) is 9.48. The first kappa shape index (κ1) is 24.6. The molecule has 7 nitrogen and oxygen atoms in total. The van der Waals surface area contributed by atoms with Crippen molar-refractivity contribution in [3.05, 3.63) is 30.1 Å². The van der Waals surface area contributed by atoms with Gasteiger partial charge in [-0.25, -0.2) is 12.8 Å². The van der Waals surface area contributed by atoms with Crippen LogP contribution in [0.5, 0.6) is 0 Å². The van der Waals surface area contributed by atoms with Gasteiger partial charge in [0.15, 0.2) is 0 Å². The first-order valence-corrected chi connectivity index (χ1v) is 13.6. The summed E-state index contributed by atoms with van der Waals surface area (Å²) in [6, 6.07) is 4.91. The summed E-state index contributed by atoms with van der Waals surface area (Å²) in [6.07, 6.45) is 3.64. The number of rotatable bonds is 5. The molecule has 9 heteroatoms. The molecule has 1 amide bonds. The zero-order valence-corrected chi connectivity index (χ0v) is 20.5. The number of likely N-dealkylation sites (tertiary alicyclic amines) is 1. The fourth-order valence-electron chi connectivity index (χ4n) is 5.49. The van der Waals surface area contributed by atoms with Gasteiger partial charge in [0.1, 0.15) is 5.82 Å². The molecule has 4 rings (SSSR count). The van der Waals surface area contributed by atoms with Crippen LogP contribution in [0.25, 0.3) is 0 Å². The van der Waals surface area contributed by atoms with Crippen molar-refractivity contribution < 1.29 is 22.3 Å². The molecule has 33 heavy (non-hydrogen) atoms. The first-order valence-electron chi connectivity index (χ1n) is 12.1. The normalized spacial score (nSPS) is 27.1. The number of ether oxygens (including phenoxy) is 1. The van der Waals surface area contributed by atoms with Crippen LogP contribution in [0.15, 0.2) is 29.2 Å². The van der Waals surface area contributed by atoms with Crippen LogP contribution in [0.4, 0.5) is 4.39 Å². The van der Waals surface area contributed by atoms with E-state index in [9.17, 15) is 17.6 Å². The average molecular weight is 482 g/mol. The van der Waals surface area contributed by atoms with Crippen molar-refractivity contribution in [2.45, 2.75) is 56.6 Å². The molecule has 0 bridgehead atoms. The number of hydrogen-bond donors (Lipinski definition) is 0. The molecule has 2 unspecified atom stereocenters. The number of carbonyl (C=O) groups excluding carboxylic acids is 1. The number of sulfonamides is 1. The van der Waals surface area contributed by atoms with Gasteiger partial charge in [0, 0.05) is 51.7 Å². The average Bonchev–Trinajstić information content (AvgIpc) is 2.79. The van der Waals surface area contributed by atoms with E-state index in [1.807, 2.05) is 4.90 Å². The van der Waals surface area contributed by atoms with Crippen molar-refractivity contribution in [2.75, 3.05) is 45.8 Å². The summed E-state index contributed by atoms with van der Waals surface area (Å²) in [7, 11) is -3.65. The van der Waals surface area contributed by atoms with Crippen molar-refractivity contribution in [3.63, 3.8) is 0 Å². The number of morpholine rings is 1. The van der Waals surface area contributed by atoms with E-state index in [0.717, 1.165) is 57.7 Å². The summed E-state index contributed by atoms with van der Waals surface area (Å²) in [5.74, 6) is 0.188. The molecule has 3 heterocycles. The predicted molar refractivity (Wildman–Crippen MR) is 124 cm³/mol. The molecule has 0 spiro atoms. The van der Waals surface area contributed by atoms with Gasteiger partial charge in [0.25, 0.3) is 0 Å². The van der Waals surface area contributed by atoms with Crippen LogP contribution in [0, 0.1) is 17.7 Å². The minimum atomic E-state index is -3.65. The van der Waals surface area contributed by atoms with E-state index in [0.29, 0.717) is 31.8 Å². The minimum absolute atomic E-state index is 0.0970. The van der Waals surface area contributed by atoms with Crippen LogP contribution in [-0.4, -0.2) is 86.5 Å². The van der Waals surface area contributed by atoms with Crippen molar-refractivity contribution in [1.29, 1.82) is 0 Å². The highest BCUT2D eigenvalue weighted by Crippen LogP contribution is 2.28. The Labute approximate surface area is 196 Å². The molecule has 184 valence electrons. The molecule has 3 aliphatic heterocycles. The second-order valence-electron chi connectivity index (χ2n) is 9.88. The number of nitrogens with zero attached hydrogens (tertiary/aromatic N) is 3. The number of amides is 1. The van der Waals surface area contributed by atoms with E-state index < -0.39 is 15.8 Å². The van der Waals surface area contributed by atoms with Gasteiger partial charge in [-0.15, -0.1) is 0 Å². The van der Waals surface area contributed by atoms with Gasteiger partial charge >= 0.3 is 0 Å². The Hall–Kier alpha value is -1.55. The SMILES string of the molecule is CC1CN(CC2CCN(C(=O)C3CCN(S(=O)(=O)c4ccc(F)cc4)CC3)CC2)CC(C)O1. The molecule has 0 N–H and O–H groups in total. The summed E-state index contributed by atoms with van der Waals surface area (Å²) in [4.78, 5) is 17.7. The molecule has 3 saturated heterocycles. The summed E-state index contributed by atoms with van der Waals surface area (Å²) < 4.78 is 46.0. The highest BCUT2D eigenvalue weighted by molar-refractivity contribution is 7.89. The zero-order chi connectivity index (χ0) is 23.6. The van der Waals surface area contributed by atoms with E-state index in [2.05, 4.69) is 18.7 Å². The van der Waals surface area contributed by atoms with E-state index >= 15 is 0 Å². The van der Waals surface area contributed by atoms with Crippen LogP contribution in [0.1, 0.15) is 39.5 Å². The van der Waals surface area contributed by atoms with Crippen molar-refractivity contribution in [2.24, 2.45) is 11.8 Å². The topological polar surface area (TPSA) is 70.2 Å². The maximum atomic E-state index is 13.1. The number of benzene rings is 1. The highest BCUT2D eigenvalue weighted by atomic mass is 32.2. The largest absolute Gasteiger partial charge is 0.373 e. The summed E-state index contributed by atoms with van der Waals surface area (Å²) in [5.41, 5.74) is 0. The lowest BCUT2D eigenvalue weighted by Crippen LogP contribution is -2.50. The van der Waals surface area contributed by atoms with E-state index in [1.165, 1.54) is 16.4 Å². The van der Waals surface area contributed by atoms with Gasteiger partial charge in [-0.05, 0) is 69.7 Å². The fourth-order valence-corrected chi connectivity index (χ4v) is 6.96. The van der Waals surface area contributed by atoms with Gasteiger partial charge in [0.2, 0.25) is 15.9 Å². The second-order valence-corrected chi connectivity index (χ2v) is 11.8. The molecular formula is C24H36FN3O4S. The van der Waals surface area contributed by atoms with E-state index in [-0.39, 0.29) is 28.9 Å². The molecule has 0 saturated carbocycles. The van der Waals surface area contributed by atoms with Crippen molar-refractivity contribution >= 4 is 15.9 Å². The monoisotopic (exact) mass is 481 g/mol. The lowest BCUT2D eigenvalue weighted by molar-refractivity contribution is -0.138. The third kappa shape index (κ3) is 5.93. The van der Waals surface area contributed by atoms with Gasteiger partial charge in [-0.1, -0.05) is 0 Å². The third-order valence-corrected chi connectivity index (χ3v) is 9.11. The Bertz CT molecular complexity index is 900. The lowest BCUT2D eigenvalue weighted by Gasteiger charge is -2.40. The van der Waals surface area contributed by atoms with Gasteiger partial charge in [0.05, 0.1) is 17.1 Å². The fraction of sp³-hybridized carbons (Fsp3) is 0.708. The van der Waals surface area contributed by atoms with Gasteiger partial charge < -0.3 is 9.64 Å². The Balaban J connectivity index is 1.24. The van der Waals surface area contributed by atoms with E-state index in [1.54, 1.807) is 0 Å². The first-order chi connectivity index (χ1) is 15.7. The number of piperidine rings is 2. The molecule has 2 atom stereocenters. The maximum absolute atomic E-state index is 13.1. The van der Waals surface area contributed by atoms with Crippen molar-refractivity contribution in [1.82, 2.24) is 14.1 Å². The summed E-state index contributed by atoms with van der Waals surface area (Å²) in [5, 5.41) is 0. The predicted octanol–water partition coefficient (Wildman–Crippen LogP) is 2.57. The Morgan fingerprint density at radius 1 is 0.970 bits per heavy atom. The van der Waals surface area contributed by atoms with Crippen LogP contribution < -0.4 is 0 Å². The molecule has 3 aliphatic rings. The van der Waals surface area contributed by atoms with Crippen LogP contribution in [0.2, 0.25) is 0 Å².